The van der Waals surface area contributed by atoms with Gasteiger partial charge < -0.3 is 15.3 Å². The fourth-order valence-electron chi connectivity index (χ4n) is 1.26. The van der Waals surface area contributed by atoms with Gasteiger partial charge >= 0.3 is 5.69 Å². The summed E-state index contributed by atoms with van der Waals surface area (Å²) in [5, 5.41) is 38.7. The van der Waals surface area contributed by atoms with Crippen molar-refractivity contribution in [1.29, 1.82) is 0 Å². The molecule has 94 valence electrons. The van der Waals surface area contributed by atoms with Crippen molar-refractivity contribution in [2.45, 2.75) is 12.2 Å². The number of alkyl halides is 1. The lowest BCUT2D eigenvalue weighted by Crippen LogP contribution is -2.20. The van der Waals surface area contributed by atoms with E-state index in [4.69, 9.17) is 11.6 Å². The lowest BCUT2D eigenvalue weighted by Gasteiger charge is -2.16. The molecule has 0 spiro atoms. The van der Waals surface area contributed by atoms with E-state index >= 15 is 0 Å². The molecule has 17 heavy (non-hydrogen) atoms. The van der Waals surface area contributed by atoms with Gasteiger partial charge in [-0.2, -0.15) is 0 Å². The molecule has 0 aliphatic carbocycles. The maximum atomic E-state index is 13.1. The van der Waals surface area contributed by atoms with Gasteiger partial charge in [-0.05, 0) is 6.07 Å². The smallest absolute Gasteiger partial charge is 0.314 e. The van der Waals surface area contributed by atoms with Crippen LogP contribution >= 0.6 is 11.6 Å². The molecule has 1 rings (SSSR count). The van der Waals surface area contributed by atoms with Gasteiger partial charge in [0.25, 0.3) is 0 Å². The normalized spacial score (nSPS) is 14.4. The molecule has 2 unspecified atom stereocenters. The number of rotatable bonds is 4. The molecule has 1 aromatic rings. The first kappa shape index (κ1) is 13.6. The number of phenols is 1. The van der Waals surface area contributed by atoms with Crippen molar-refractivity contribution >= 4 is 17.3 Å². The minimum absolute atomic E-state index is 0.370. The van der Waals surface area contributed by atoms with E-state index in [9.17, 15) is 29.8 Å². The van der Waals surface area contributed by atoms with E-state index in [2.05, 4.69) is 0 Å². The van der Waals surface area contributed by atoms with E-state index in [1.165, 1.54) is 0 Å². The fourth-order valence-corrected chi connectivity index (χ4v) is 1.43. The SMILES string of the molecule is O=[N+]([O-])c1cc(F)cc(C(O)C(O)CCl)c1O. The number of nitrogens with zero attached hydrogens (tertiary/aromatic N) is 1. The molecule has 0 bridgehead atoms. The molecular weight excluding hydrogens is 257 g/mol. The summed E-state index contributed by atoms with van der Waals surface area (Å²) in [7, 11) is 0. The Kier molecular flexibility index (Phi) is 4.22. The summed E-state index contributed by atoms with van der Waals surface area (Å²) in [6.07, 6.45) is -3.18. The summed E-state index contributed by atoms with van der Waals surface area (Å²) in [5.41, 5.74) is -1.37. The lowest BCUT2D eigenvalue weighted by atomic mass is 10.0. The number of hydrogen-bond acceptors (Lipinski definition) is 5. The number of nitro groups is 1. The summed E-state index contributed by atoms with van der Waals surface area (Å²) in [4.78, 5) is 9.50. The van der Waals surface area contributed by atoms with Crippen LogP contribution in [0.25, 0.3) is 0 Å². The van der Waals surface area contributed by atoms with Crippen LogP contribution in [0.4, 0.5) is 10.1 Å². The third kappa shape index (κ3) is 2.82. The van der Waals surface area contributed by atoms with Gasteiger partial charge in [0.2, 0.25) is 5.75 Å². The highest BCUT2D eigenvalue weighted by Crippen LogP contribution is 2.35. The first-order valence-corrected chi connectivity index (χ1v) is 5.00. The third-order valence-electron chi connectivity index (χ3n) is 2.12. The molecule has 8 heteroatoms. The van der Waals surface area contributed by atoms with Gasteiger partial charge in [0.05, 0.1) is 23.0 Å². The van der Waals surface area contributed by atoms with Crippen molar-refractivity contribution < 1.29 is 24.6 Å². The Bertz CT molecular complexity index is 442. The Labute approximate surface area is 100 Å². The lowest BCUT2D eigenvalue weighted by molar-refractivity contribution is -0.386. The summed E-state index contributed by atoms with van der Waals surface area (Å²) in [6, 6.07) is 1.21. The molecule has 0 fully saturated rings. The minimum Gasteiger partial charge on any atom is -0.502 e. The van der Waals surface area contributed by atoms with E-state index in [0.29, 0.717) is 12.1 Å². The highest BCUT2D eigenvalue weighted by molar-refractivity contribution is 6.18. The van der Waals surface area contributed by atoms with E-state index < -0.39 is 39.9 Å². The molecule has 3 N–H and O–H groups in total. The summed E-state index contributed by atoms with van der Waals surface area (Å²) in [5.74, 6) is -2.27. The quantitative estimate of drug-likeness (QED) is 0.429. The number of nitro benzene ring substituents is 1. The first-order valence-electron chi connectivity index (χ1n) is 4.47. The maximum Gasteiger partial charge on any atom is 0.314 e. The molecule has 1 aromatic carbocycles. The second-order valence-corrected chi connectivity index (χ2v) is 3.59. The summed E-state index contributed by atoms with van der Waals surface area (Å²) >= 11 is 5.27. The van der Waals surface area contributed by atoms with Crippen LogP contribution in [0.2, 0.25) is 0 Å². The molecule has 0 radical (unpaired) electrons. The number of aliphatic hydroxyl groups excluding tert-OH is 2. The Morgan fingerprint density at radius 3 is 2.53 bits per heavy atom. The van der Waals surface area contributed by atoms with Gasteiger partial charge in [0.1, 0.15) is 11.9 Å². The van der Waals surface area contributed by atoms with Crippen LogP contribution in [-0.4, -0.2) is 32.2 Å². The van der Waals surface area contributed by atoms with E-state index in [1.807, 2.05) is 0 Å². The number of benzene rings is 1. The molecule has 0 aliphatic rings. The Morgan fingerprint density at radius 1 is 1.47 bits per heavy atom. The standard InChI is InChI=1S/C9H9ClFNO5/c10-3-7(13)9(15)5-1-4(11)2-6(8(5)14)12(16)17/h1-2,7,9,13-15H,3H2. The number of halogens is 2. The van der Waals surface area contributed by atoms with E-state index in [-0.39, 0.29) is 5.88 Å². The number of hydrogen-bond donors (Lipinski definition) is 3. The predicted molar refractivity (Wildman–Crippen MR) is 56.4 cm³/mol. The summed E-state index contributed by atoms with van der Waals surface area (Å²) < 4.78 is 13.1. The second kappa shape index (κ2) is 5.26. The molecule has 0 saturated carbocycles. The zero-order valence-electron chi connectivity index (χ0n) is 8.38. The largest absolute Gasteiger partial charge is 0.502 e. The van der Waals surface area contributed by atoms with Gasteiger partial charge in [-0.25, -0.2) is 4.39 Å². The molecular formula is C9H9ClFNO5. The first-order chi connectivity index (χ1) is 7.88. The molecule has 0 heterocycles. The number of phenolic OH excluding ortho intramolecular Hbond substituents is 1. The Morgan fingerprint density at radius 2 is 2.06 bits per heavy atom. The van der Waals surface area contributed by atoms with Gasteiger partial charge in [-0.3, -0.25) is 10.1 Å². The van der Waals surface area contributed by atoms with Crippen molar-refractivity contribution in [3.8, 4) is 5.75 Å². The third-order valence-corrected chi connectivity index (χ3v) is 2.44. The van der Waals surface area contributed by atoms with Gasteiger partial charge in [0.15, 0.2) is 0 Å². The monoisotopic (exact) mass is 265 g/mol. The van der Waals surface area contributed by atoms with Crippen LogP contribution < -0.4 is 0 Å². The Hall–Kier alpha value is -1.44. The topological polar surface area (TPSA) is 104 Å². The van der Waals surface area contributed by atoms with Crippen molar-refractivity contribution in [3.05, 3.63) is 33.6 Å². The van der Waals surface area contributed by atoms with Crippen LogP contribution in [0.15, 0.2) is 12.1 Å². The molecule has 0 saturated heterocycles. The Balaban J connectivity index is 3.29. The van der Waals surface area contributed by atoms with Crippen molar-refractivity contribution in [3.63, 3.8) is 0 Å². The average Bonchev–Trinajstić information content (AvgIpc) is 2.29. The highest BCUT2D eigenvalue weighted by atomic mass is 35.5. The van der Waals surface area contributed by atoms with E-state index in [0.717, 1.165) is 0 Å². The fraction of sp³-hybridized carbons (Fsp3) is 0.333. The summed E-state index contributed by atoms with van der Waals surface area (Å²) in [6.45, 7) is 0. The van der Waals surface area contributed by atoms with Crippen LogP contribution in [0.3, 0.4) is 0 Å². The van der Waals surface area contributed by atoms with Crippen LogP contribution in [0.1, 0.15) is 11.7 Å². The molecule has 0 amide bonds. The van der Waals surface area contributed by atoms with Gasteiger partial charge in [0, 0.05) is 5.56 Å². The van der Waals surface area contributed by atoms with Crippen molar-refractivity contribution in [2.24, 2.45) is 0 Å². The van der Waals surface area contributed by atoms with Crippen molar-refractivity contribution in [1.82, 2.24) is 0 Å². The number of aliphatic hydroxyl groups is 2. The highest BCUT2D eigenvalue weighted by Gasteiger charge is 2.27. The molecule has 0 aromatic heterocycles. The zero-order chi connectivity index (χ0) is 13.2. The average molecular weight is 266 g/mol. The maximum absolute atomic E-state index is 13.1. The molecule has 6 nitrogen and oxygen atoms in total. The zero-order valence-corrected chi connectivity index (χ0v) is 9.13. The van der Waals surface area contributed by atoms with Crippen LogP contribution in [0, 0.1) is 15.9 Å². The van der Waals surface area contributed by atoms with Gasteiger partial charge in [-0.15, -0.1) is 11.6 Å². The van der Waals surface area contributed by atoms with Crippen LogP contribution in [0.5, 0.6) is 5.75 Å². The van der Waals surface area contributed by atoms with E-state index in [1.54, 1.807) is 0 Å². The van der Waals surface area contributed by atoms with Gasteiger partial charge in [-0.1, -0.05) is 0 Å². The second-order valence-electron chi connectivity index (χ2n) is 3.29. The van der Waals surface area contributed by atoms with Crippen LogP contribution in [-0.2, 0) is 0 Å². The molecule has 2 atom stereocenters. The molecule has 0 aliphatic heterocycles. The number of aromatic hydroxyl groups is 1. The predicted octanol–water partition coefficient (Wildman–Crippen LogP) is 1.07. The van der Waals surface area contributed by atoms with Crippen molar-refractivity contribution in [2.75, 3.05) is 5.88 Å². The minimum atomic E-state index is -1.71.